The molecule has 5 rings (SSSR count). The smallest absolute Gasteiger partial charge is 0.266 e. The lowest BCUT2D eigenvalue weighted by molar-refractivity contribution is -0.122. The molecule has 0 N–H and O–H groups in total. The lowest BCUT2D eigenvalue weighted by atomic mass is 10.0. The fraction of sp³-hybridized carbons (Fsp3) is 0.219. The Kier molecular flexibility index (Phi) is 8.29. The van der Waals surface area contributed by atoms with Gasteiger partial charge in [-0.3, -0.25) is 9.69 Å². The molecule has 0 spiro atoms. The summed E-state index contributed by atoms with van der Waals surface area (Å²) >= 11 is 6.95. The van der Waals surface area contributed by atoms with Crippen molar-refractivity contribution in [3.63, 3.8) is 0 Å². The topological polar surface area (TPSA) is 47.4 Å². The van der Waals surface area contributed by atoms with Crippen LogP contribution in [0.4, 0.5) is 0 Å². The Hall–Kier alpha value is -3.68. The molecule has 1 amide bonds. The zero-order valence-corrected chi connectivity index (χ0v) is 24.0. The van der Waals surface area contributed by atoms with Crippen LogP contribution in [0.1, 0.15) is 42.0 Å². The summed E-state index contributed by atoms with van der Waals surface area (Å²) in [4.78, 5) is 15.7. The number of hydrogen-bond acceptors (Lipinski definition) is 5. The number of para-hydroxylation sites is 1. The summed E-state index contributed by atoms with van der Waals surface area (Å²) in [7, 11) is 0. The summed E-state index contributed by atoms with van der Waals surface area (Å²) in [6, 6.07) is 24.3. The number of thiocarbonyl (C=S) groups is 1. The maximum absolute atomic E-state index is 13.4. The second-order valence-corrected chi connectivity index (χ2v) is 11.3. The Labute approximate surface area is 239 Å². The molecule has 1 aromatic heterocycles. The number of aromatic nitrogens is 2. The van der Waals surface area contributed by atoms with E-state index in [2.05, 4.69) is 32.0 Å². The highest BCUT2D eigenvalue weighted by molar-refractivity contribution is 8.26. The molecular formula is C32H31N3O2S2. The predicted octanol–water partition coefficient (Wildman–Crippen LogP) is 7.74. The van der Waals surface area contributed by atoms with E-state index in [0.717, 1.165) is 52.2 Å². The lowest BCUT2D eigenvalue weighted by Gasteiger charge is -2.14. The van der Waals surface area contributed by atoms with Gasteiger partial charge in [-0.1, -0.05) is 85.4 Å². The second-order valence-electron chi connectivity index (χ2n) is 9.65. The van der Waals surface area contributed by atoms with Crippen LogP contribution < -0.4 is 4.74 Å². The quantitative estimate of drug-likeness (QED) is 0.121. The van der Waals surface area contributed by atoms with E-state index < -0.39 is 0 Å². The molecule has 0 bridgehead atoms. The number of amides is 1. The van der Waals surface area contributed by atoms with Crippen LogP contribution in [0, 0.1) is 13.8 Å². The van der Waals surface area contributed by atoms with Crippen LogP contribution in [0.15, 0.2) is 83.9 Å². The normalized spacial score (nSPS) is 14.4. The Balaban J connectivity index is 1.49. The van der Waals surface area contributed by atoms with Crippen molar-refractivity contribution in [1.82, 2.24) is 14.7 Å². The number of unbranched alkanes of at least 4 members (excludes halogenated alkanes) is 1. The summed E-state index contributed by atoms with van der Waals surface area (Å²) < 4.78 is 8.39. The number of aryl methyl sites for hydroxylation is 2. The van der Waals surface area contributed by atoms with Crippen LogP contribution in [-0.4, -0.2) is 31.5 Å². The molecule has 39 heavy (non-hydrogen) atoms. The molecule has 0 aliphatic carbocycles. The Morgan fingerprint density at radius 3 is 2.51 bits per heavy atom. The van der Waals surface area contributed by atoms with Gasteiger partial charge in [0.15, 0.2) is 0 Å². The number of benzene rings is 3. The van der Waals surface area contributed by atoms with Crippen molar-refractivity contribution in [2.75, 3.05) is 6.61 Å². The van der Waals surface area contributed by atoms with Gasteiger partial charge in [0, 0.05) is 17.3 Å². The molecule has 1 saturated heterocycles. The molecule has 7 heteroatoms. The molecule has 0 unspecified atom stereocenters. The molecule has 4 aromatic rings. The maximum atomic E-state index is 13.4. The van der Waals surface area contributed by atoms with Gasteiger partial charge in [-0.2, -0.15) is 5.10 Å². The van der Waals surface area contributed by atoms with Crippen molar-refractivity contribution in [1.29, 1.82) is 0 Å². The van der Waals surface area contributed by atoms with Crippen molar-refractivity contribution in [2.24, 2.45) is 0 Å². The van der Waals surface area contributed by atoms with Gasteiger partial charge < -0.3 is 4.74 Å². The van der Waals surface area contributed by atoms with Crippen molar-refractivity contribution in [3.05, 3.63) is 106 Å². The standard InChI is InChI=1S/C32H31N3O2S2/c1-4-5-17-37-28-16-15-25(18-23(28)3)30-26(21-35(33-30)27-9-7-6-8-10-27)19-29-31(36)34(32(38)39-29)20-24-13-11-22(2)12-14-24/h6-16,18-19,21H,4-5,17,20H2,1-3H3/b29-19-. The van der Waals surface area contributed by atoms with E-state index in [1.54, 1.807) is 4.90 Å². The van der Waals surface area contributed by atoms with Crippen LogP contribution in [0.3, 0.4) is 0 Å². The fourth-order valence-corrected chi connectivity index (χ4v) is 5.61. The molecule has 0 saturated carbocycles. The molecule has 0 atom stereocenters. The number of carbonyl (C=O) groups excluding carboxylic acids is 1. The van der Waals surface area contributed by atoms with Crippen LogP contribution in [0.2, 0.25) is 0 Å². The van der Waals surface area contributed by atoms with Crippen LogP contribution in [-0.2, 0) is 11.3 Å². The van der Waals surface area contributed by atoms with Crippen LogP contribution in [0.25, 0.3) is 23.0 Å². The molecule has 3 aromatic carbocycles. The van der Waals surface area contributed by atoms with Crippen molar-refractivity contribution in [3.8, 4) is 22.7 Å². The largest absolute Gasteiger partial charge is 0.493 e. The first kappa shape index (κ1) is 26.9. The molecule has 1 aliphatic rings. The minimum atomic E-state index is -0.0835. The van der Waals surface area contributed by atoms with Crippen molar-refractivity contribution < 1.29 is 9.53 Å². The summed E-state index contributed by atoms with van der Waals surface area (Å²) in [5.41, 5.74) is 6.84. The van der Waals surface area contributed by atoms with E-state index >= 15 is 0 Å². The second kappa shape index (κ2) is 12.0. The highest BCUT2D eigenvalue weighted by atomic mass is 32.2. The zero-order chi connectivity index (χ0) is 27.4. The van der Waals surface area contributed by atoms with Gasteiger partial charge >= 0.3 is 0 Å². The van der Waals surface area contributed by atoms with E-state index in [4.69, 9.17) is 22.1 Å². The van der Waals surface area contributed by atoms with Gasteiger partial charge in [0.25, 0.3) is 5.91 Å². The zero-order valence-electron chi connectivity index (χ0n) is 22.4. The molecule has 1 fully saturated rings. The van der Waals surface area contributed by atoms with E-state index in [1.807, 2.05) is 78.5 Å². The predicted molar refractivity (Wildman–Crippen MR) is 164 cm³/mol. The number of ether oxygens (including phenoxy) is 1. The van der Waals surface area contributed by atoms with Crippen LogP contribution >= 0.6 is 24.0 Å². The van der Waals surface area contributed by atoms with Gasteiger partial charge in [-0.25, -0.2) is 4.68 Å². The minimum absolute atomic E-state index is 0.0835. The first-order chi connectivity index (χ1) is 18.9. The van der Waals surface area contributed by atoms with Gasteiger partial charge in [-0.15, -0.1) is 0 Å². The van der Waals surface area contributed by atoms with Crippen LogP contribution in [0.5, 0.6) is 5.75 Å². The monoisotopic (exact) mass is 553 g/mol. The minimum Gasteiger partial charge on any atom is -0.493 e. The SMILES string of the molecule is CCCCOc1ccc(-c2nn(-c3ccccc3)cc2/C=C2\SC(=S)N(Cc3ccc(C)cc3)C2=O)cc1C. The summed E-state index contributed by atoms with van der Waals surface area (Å²) in [6.45, 7) is 7.41. The third-order valence-electron chi connectivity index (χ3n) is 6.59. The number of carbonyl (C=O) groups is 1. The third kappa shape index (κ3) is 6.15. The van der Waals surface area contributed by atoms with E-state index in [1.165, 1.54) is 17.3 Å². The Morgan fingerprint density at radius 1 is 1.03 bits per heavy atom. The van der Waals surface area contributed by atoms with E-state index in [0.29, 0.717) is 22.4 Å². The number of thioether (sulfide) groups is 1. The van der Waals surface area contributed by atoms with E-state index in [9.17, 15) is 4.79 Å². The highest BCUT2D eigenvalue weighted by Crippen LogP contribution is 2.36. The molecule has 5 nitrogen and oxygen atoms in total. The third-order valence-corrected chi connectivity index (χ3v) is 7.97. The number of hydrogen-bond donors (Lipinski definition) is 0. The molecule has 2 heterocycles. The Bertz CT molecular complexity index is 1530. The van der Waals surface area contributed by atoms with Gasteiger partial charge in [0.2, 0.25) is 0 Å². The maximum Gasteiger partial charge on any atom is 0.266 e. The molecule has 1 aliphatic heterocycles. The number of nitrogens with zero attached hydrogens (tertiary/aromatic N) is 3. The summed E-state index contributed by atoms with van der Waals surface area (Å²) in [6.07, 6.45) is 6.00. The van der Waals surface area contributed by atoms with Crippen molar-refractivity contribution >= 4 is 40.3 Å². The number of rotatable bonds is 9. The first-order valence-corrected chi connectivity index (χ1v) is 14.3. The molecule has 0 radical (unpaired) electrons. The Morgan fingerprint density at radius 2 is 1.79 bits per heavy atom. The van der Waals surface area contributed by atoms with Crippen molar-refractivity contribution in [2.45, 2.75) is 40.2 Å². The summed E-state index contributed by atoms with van der Waals surface area (Å²) in [5.74, 6) is 0.799. The first-order valence-electron chi connectivity index (χ1n) is 13.1. The average Bonchev–Trinajstić information content (AvgIpc) is 3.48. The average molecular weight is 554 g/mol. The lowest BCUT2D eigenvalue weighted by Crippen LogP contribution is -2.27. The summed E-state index contributed by atoms with van der Waals surface area (Å²) in [5, 5.41) is 4.94. The molecule has 198 valence electrons. The van der Waals surface area contributed by atoms with Gasteiger partial charge in [0.1, 0.15) is 15.8 Å². The van der Waals surface area contributed by atoms with E-state index in [-0.39, 0.29) is 5.91 Å². The highest BCUT2D eigenvalue weighted by Gasteiger charge is 2.32. The van der Waals surface area contributed by atoms with Gasteiger partial charge in [-0.05, 0) is 67.8 Å². The molecular weight excluding hydrogens is 523 g/mol. The fourth-order valence-electron chi connectivity index (χ4n) is 4.37. The van der Waals surface area contributed by atoms with Gasteiger partial charge in [0.05, 0.1) is 23.7 Å².